The fraction of sp³-hybridized carbons (Fsp3) is 0.250. The van der Waals surface area contributed by atoms with Gasteiger partial charge in [-0.15, -0.1) is 0 Å². The second kappa shape index (κ2) is 6.19. The van der Waals surface area contributed by atoms with Gasteiger partial charge in [0, 0.05) is 18.9 Å². The molecule has 1 atom stereocenters. The van der Waals surface area contributed by atoms with Crippen LogP contribution >= 0.6 is 0 Å². The van der Waals surface area contributed by atoms with E-state index >= 15 is 0 Å². The van der Waals surface area contributed by atoms with E-state index in [1.807, 2.05) is 18.5 Å². The Morgan fingerprint density at radius 2 is 1.90 bits per heavy atom. The third-order valence-corrected chi connectivity index (χ3v) is 3.38. The van der Waals surface area contributed by atoms with E-state index in [0.29, 0.717) is 0 Å². The van der Waals surface area contributed by atoms with E-state index in [1.54, 1.807) is 0 Å². The number of aliphatic imine (C=N–C) groups is 1. The normalized spacial score (nSPS) is 15.3. The number of benzene rings is 1. The van der Waals surface area contributed by atoms with Gasteiger partial charge in [0.05, 0.1) is 12.6 Å². The summed E-state index contributed by atoms with van der Waals surface area (Å²) in [4.78, 5) is 8.50. The van der Waals surface area contributed by atoms with Crippen LogP contribution in [0.25, 0.3) is 0 Å². The van der Waals surface area contributed by atoms with Crippen molar-refractivity contribution in [3.8, 4) is 0 Å². The van der Waals surface area contributed by atoms with Crippen molar-refractivity contribution in [2.24, 2.45) is 4.99 Å². The van der Waals surface area contributed by atoms with Crippen LogP contribution in [0.4, 0.5) is 0 Å². The molecule has 3 rings (SSSR count). The highest BCUT2D eigenvalue weighted by Gasteiger charge is 2.15. The molecular weight excluding hydrogens is 248 g/mol. The van der Waals surface area contributed by atoms with Crippen LogP contribution in [0.5, 0.6) is 0 Å². The maximum Gasteiger partial charge on any atom is 0.191 e. The zero-order chi connectivity index (χ0) is 13.6. The van der Waals surface area contributed by atoms with Crippen LogP contribution in [-0.4, -0.2) is 24.0 Å². The molecule has 0 bridgehead atoms. The van der Waals surface area contributed by atoms with Gasteiger partial charge >= 0.3 is 0 Å². The van der Waals surface area contributed by atoms with E-state index < -0.39 is 0 Å². The van der Waals surface area contributed by atoms with Crippen molar-refractivity contribution < 1.29 is 0 Å². The van der Waals surface area contributed by atoms with Crippen LogP contribution in [0.1, 0.15) is 17.2 Å². The lowest BCUT2D eigenvalue weighted by atomic mass is 10.00. The number of guanidine groups is 1. The van der Waals surface area contributed by atoms with Gasteiger partial charge in [0.25, 0.3) is 0 Å². The van der Waals surface area contributed by atoms with Crippen molar-refractivity contribution in [1.29, 1.82) is 0 Å². The first-order chi connectivity index (χ1) is 9.92. The number of pyridine rings is 1. The van der Waals surface area contributed by atoms with Gasteiger partial charge in [-0.05, 0) is 29.7 Å². The topological polar surface area (TPSA) is 49.3 Å². The highest BCUT2D eigenvalue weighted by atomic mass is 15.2. The van der Waals surface area contributed by atoms with Crippen LogP contribution in [0, 0.1) is 0 Å². The molecule has 1 aliphatic rings. The summed E-state index contributed by atoms with van der Waals surface area (Å²) >= 11 is 0. The number of nitrogens with one attached hydrogen (secondary N) is 2. The molecule has 0 fully saturated rings. The van der Waals surface area contributed by atoms with E-state index in [9.17, 15) is 0 Å². The molecular formula is C16H18N4. The van der Waals surface area contributed by atoms with Gasteiger partial charge in [-0.2, -0.15) is 0 Å². The molecule has 1 aromatic heterocycles. The molecule has 0 radical (unpaired) electrons. The summed E-state index contributed by atoms with van der Waals surface area (Å²) in [5, 5.41) is 6.77. The minimum absolute atomic E-state index is 0.211. The van der Waals surface area contributed by atoms with Gasteiger partial charge in [0.2, 0.25) is 0 Å². The first kappa shape index (κ1) is 12.7. The molecule has 0 saturated heterocycles. The fourth-order valence-electron chi connectivity index (χ4n) is 2.35. The monoisotopic (exact) mass is 266 g/mol. The Kier molecular flexibility index (Phi) is 3.92. The Bertz CT molecular complexity index is 566. The van der Waals surface area contributed by atoms with E-state index in [-0.39, 0.29) is 6.04 Å². The zero-order valence-corrected chi connectivity index (χ0v) is 11.3. The van der Waals surface area contributed by atoms with Crippen molar-refractivity contribution in [1.82, 2.24) is 15.6 Å². The Morgan fingerprint density at radius 1 is 1.10 bits per heavy atom. The van der Waals surface area contributed by atoms with Gasteiger partial charge in [-0.25, -0.2) is 0 Å². The number of nitrogens with zero attached hydrogens (tertiary/aromatic N) is 2. The average Bonchev–Trinajstić information content (AvgIpc) is 3.02. The molecule has 102 valence electrons. The lowest BCUT2D eigenvalue weighted by Crippen LogP contribution is -2.37. The van der Waals surface area contributed by atoms with Crippen molar-refractivity contribution >= 4 is 5.96 Å². The van der Waals surface area contributed by atoms with Crippen molar-refractivity contribution in [2.75, 3.05) is 13.1 Å². The summed E-state index contributed by atoms with van der Waals surface area (Å²) in [5.41, 5.74) is 2.53. The largest absolute Gasteiger partial charge is 0.355 e. The first-order valence-electron chi connectivity index (χ1n) is 6.90. The van der Waals surface area contributed by atoms with Crippen LogP contribution in [0.3, 0.4) is 0 Å². The first-order valence-corrected chi connectivity index (χ1v) is 6.90. The molecule has 20 heavy (non-hydrogen) atoms. The van der Waals surface area contributed by atoms with Crippen LogP contribution in [-0.2, 0) is 6.42 Å². The Balaban J connectivity index is 1.79. The molecule has 0 amide bonds. The van der Waals surface area contributed by atoms with Gasteiger partial charge in [-0.3, -0.25) is 9.98 Å². The summed E-state index contributed by atoms with van der Waals surface area (Å²) in [6, 6.07) is 14.8. The lowest BCUT2D eigenvalue weighted by Gasteiger charge is -2.20. The van der Waals surface area contributed by atoms with E-state index in [1.165, 1.54) is 11.1 Å². The molecule has 1 aliphatic heterocycles. The average molecular weight is 266 g/mol. The Hall–Kier alpha value is -2.36. The van der Waals surface area contributed by atoms with Crippen molar-refractivity contribution in [3.05, 3.63) is 66.0 Å². The second-order valence-corrected chi connectivity index (χ2v) is 4.82. The molecule has 4 heteroatoms. The van der Waals surface area contributed by atoms with Gasteiger partial charge < -0.3 is 10.6 Å². The second-order valence-electron chi connectivity index (χ2n) is 4.82. The highest BCUT2D eigenvalue weighted by molar-refractivity contribution is 5.81. The van der Waals surface area contributed by atoms with Crippen molar-refractivity contribution in [2.45, 2.75) is 12.5 Å². The number of aromatic nitrogens is 1. The predicted molar refractivity (Wildman–Crippen MR) is 80.6 cm³/mol. The van der Waals surface area contributed by atoms with Crippen LogP contribution < -0.4 is 10.6 Å². The maximum absolute atomic E-state index is 4.42. The molecule has 0 aliphatic carbocycles. The smallest absolute Gasteiger partial charge is 0.191 e. The van der Waals surface area contributed by atoms with Gasteiger partial charge in [-0.1, -0.05) is 30.3 Å². The molecule has 0 spiro atoms. The third kappa shape index (κ3) is 3.15. The van der Waals surface area contributed by atoms with Gasteiger partial charge in [0.1, 0.15) is 0 Å². The fourth-order valence-corrected chi connectivity index (χ4v) is 2.35. The highest BCUT2D eigenvalue weighted by Crippen LogP contribution is 2.18. The molecule has 0 saturated carbocycles. The number of hydrogen-bond acceptors (Lipinski definition) is 4. The summed E-state index contributed by atoms with van der Waals surface area (Å²) < 4.78 is 0. The zero-order valence-electron chi connectivity index (χ0n) is 11.3. The van der Waals surface area contributed by atoms with E-state index in [2.05, 4.69) is 57.0 Å². The number of rotatable bonds is 4. The summed E-state index contributed by atoms with van der Waals surface area (Å²) in [6.45, 7) is 1.76. The van der Waals surface area contributed by atoms with Crippen LogP contribution in [0.2, 0.25) is 0 Å². The van der Waals surface area contributed by atoms with Gasteiger partial charge in [0.15, 0.2) is 5.96 Å². The molecule has 2 aromatic rings. The SMILES string of the molecule is c1ccc([C@@H](Cc2ccncc2)NC2=NCCN2)cc1. The summed E-state index contributed by atoms with van der Waals surface area (Å²) in [7, 11) is 0. The quantitative estimate of drug-likeness (QED) is 0.889. The minimum atomic E-state index is 0.211. The van der Waals surface area contributed by atoms with Crippen molar-refractivity contribution in [3.63, 3.8) is 0 Å². The molecule has 2 N–H and O–H groups in total. The minimum Gasteiger partial charge on any atom is -0.355 e. The predicted octanol–water partition coefficient (Wildman–Crippen LogP) is 1.91. The summed E-state index contributed by atoms with van der Waals surface area (Å²) in [5.74, 6) is 0.896. The molecule has 0 unspecified atom stereocenters. The maximum atomic E-state index is 4.42. The van der Waals surface area contributed by atoms with Crippen LogP contribution in [0.15, 0.2) is 59.9 Å². The van der Waals surface area contributed by atoms with E-state index in [4.69, 9.17) is 0 Å². The molecule has 2 heterocycles. The number of hydrogen-bond donors (Lipinski definition) is 2. The Labute approximate surface area is 119 Å². The standard InChI is InChI=1S/C16H18N4/c1-2-4-14(5-3-1)15(20-16-18-10-11-19-16)12-13-6-8-17-9-7-13/h1-9,15H,10-12H2,(H2,18,19,20)/t15-/m1/s1. The molecule has 1 aromatic carbocycles. The summed E-state index contributed by atoms with van der Waals surface area (Å²) in [6.07, 6.45) is 4.58. The third-order valence-electron chi connectivity index (χ3n) is 3.38. The Morgan fingerprint density at radius 3 is 2.60 bits per heavy atom. The molecule has 4 nitrogen and oxygen atoms in total. The lowest BCUT2D eigenvalue weighted by molar-refractivity contribution is 0.633. The van der Waals surface area contributed by atoms with E-state index in [0.717, 1.165) is 25.5 Å².